The van der Waals surface area contributed by atoms with Gasteiger partial charge in [-0.2, -0.15) is 0 Å². The van der Waals surface area contributed by atoms with Gasteiger partial charge in [-0.15, -0.1) is 0 Å². The first-order valence-corrected chi connectivity index (χ1v) is 5.81. The van der Waals surface area contributed by atoms with Gasteiger partial charge in [0.25, 0.3) is 0 Å². The Balaban J connectivity index is 0.000000253. The Hall–Kier alpha value is -0.120. The van der Waals surface area contributed by atoms with E-state index >= 15 is 0 Å². The second-order valence-electron chi connectivity index (χ2n) is 4.04. The van der Waals surface area contributed by atoms with Gasteiger partial charge in [0.05, 0.1) is 0 Å². The van der Waals surface area contributed by atoms with Crippen LogP contribution in [0.5, 0.6) is 0 Å². The second kappa shape index (κ2) is 8.21. The van der Waals surface area contributed by atoms with Crippen molar-refractivity contribution in [2.24, 2.45) is 0 Å². The standard InChI is InChI=1S/C6H12N2.C5H12.H2O/c1-2-8-5-3-7(1)4-6-8;1-3-5-4-2;/h1-6H2;3-5H2,1-2H3;1H2. The first-order chi connectivity index (χ1) is 6.36. The van der Waals surface area contributed by atoms with E-state index in [1.807, 2.05) is 0 Å². The van der Waals surface area contributed by atoms with Crippen LogP contribution in [-0.4, -0.2) is 54.5 Å². The zero-order chi connectivity index (χ0) is 9.52. The van der Waals surface area contributed by atoms with Crippen LogP contribution in [0.2, 0.25) is 0 Å². The van der Waals surface area contributed by atoms with Gasteiger partial charge in [0.15, 0.2) is 0 Å². The molecule has 3 rings (SSSR count). The van der Waals surface area contributed by atoms with Gasteiger partial charge in [0.1, 0.15) is 0 Å². The molecule has 3 aliphatic heterocycles. The van der Waals surface area contributed by atoms with Gasteiger partial charge >= 0.3 is 0 Å². The van der Waals surface area contributed by atoms with Crippen molar-refractivity contribution in [3.63, 3.8) is 0 Å². The molecular weight excluding hydrogens is 176 g/mol. The Bertz CT molecular complexity index is 97.4. The molecule has 0 spiro atoms. The zero-order valence-corrected chi connectivity index (χ0v) is 9.76. The Kier molecular flexibility index (Phi) is 8.14. The van der Waals surface area contributed by atoms with E-state index in [9.17, 15) is 0 Å². The summed E-state index contributed by atoms with van der Waals surface area (Å²) in [6.07, 6.45) is 4.08. The second-order valence-corrected chi connectivity index (χ2v) is 4.04. The highest BCUT2D eigenvalue weighted by Crippen LogP contribution is 2.06. The summed E-state index contributed by atoms with van der Waals surface area (Å²) in [6.45, 7) is 12.3. The number of hydrogen-bond donors (Lipinski definition) is 0. The van der Waals surface area contributed by atoms with Gasteiger partial charge in [0.2, 0.25) is 0 Å². The van der Waals surface area contributed by atoms with Crippen molar-refractivity contribution in [3.8, 4) is 0 Å². The predicted octanol–water partition coefficient (Wildman–Crippen LogP) is 0.989. The minimum atomic E-state index is 0. The fourth-order valence-electron chi connectivity index (χ4n) is 1.87. The molecule has 0 saturated carbocycles. The maximum atomic E-state index is 2.54. The summed E-state index contributed by atoms with van der Waals surface area (Å²) < 4.78 is 0. The molecule has 3 fully saturated rings. The third-order valence-corrected chi connectivity index (χ3v) is 2.90. The molecule has 3 heteroatoms. The van der Waals surface area contributed by atoms with E-state index in [1.54, 1.807) is 0 Å². The minimum absolute atomic E-state index is 0. The molecule has 14 heavy (non-hydrogen) atoms. The van der Waals surface area contributed by atoms with Crippen LogP contribution in [0, 0.1) is 0 Å². The van der Waals surface area contributed by atoms with E-state index < -0.39 is 0 Å². The number of nitrogens with zero attached hydrogens (tertiary/aromatic N) is 2. The van der Waals surface area contributed by atoms with Crippen LogP contribution in [0.25, 0.3) is 0 Å². The lowest BCUT2D eigenvalue weighted by Crippen LogP contribution is -2.55. The third kappa shape index (κ3) is 4.94. The smallest absolute Gasteiger partial charge is 0.0110 e. The minimum Gasteiger partial charge on any atom is -0.412 e. The molecule has 0 radical (unpaired) electrons. The quantitative estimate of drug-likeness (QED) is 0.670. The predicted molar refractivity (Wildman–Crippen MR) is 61.7 cm³/mol. The first kappa shape index (κ1) is 13.9. The molecule has 3 nitrogen and oxygen atoms in total. The van der Waals surface area contributed by atoms with Gasteiger partial charge in [0, 0.05) is 39.3 Å². The summed E-state index contributed by atoms with van der Waals surface area (Å²) in [5, 5.41) is 0. The van der Waals surface area contributed by atoms with E-state index in [0.717, 1.165) is 0 Å². The molecule has 0 aromatic carbocycles. The van der Waals surface area contributed by atoms with E-state index in [0.29, 0.717) is 0 Å². The highest BCUT2D eigenvalue weighted by molar-refractivity contribution is 4.78. The van der Waals surface area contributed by atoms with Crippen LogP contribution in [0.15, 0.2) is 0 Å². The molecule has 86 valence electrons. The SMILES string of the molecule is C1CN2CCN1CC2.CCCCC.O. The van der Waals surface area contributed by atoms with E-state index in [2.05, 4.69) is 23.6 Å². The first-order valence-electron chi connectivity index (χ1n) is 5.81. The van der Waals surface area contributed by atoms with Crippen LogP contribution in [0.3, 0.4) is 0 Å². The van der Waals surface area contributed by atoms with Gasteiger partial charge < -0.3 is 5.48 Å². The Morgan fingerprint density at radius 3 is 1.07 bits per heavy atom. The molecule has 0 unspecified atom stereocenters. The van der Waals surface area contributed by atoms with Crippen molar-refractivity contribution in [3.05, 3.63) is 0 Å². The summed E-state index contributed by atoms with van der Waals surface area (Å²) in [7, 11) is 0. The largest absolute Gasteiger partial charge is 0.412 e. The third-order valence-electron chi connectivity index (χ3n) is 2.90. The molecule has 2 N–H and O–H groups in total. The lowest BCUT2D eigenvalue weighted by Gasteiger charge is -2.41. The Morgan fingerprint density at radius 2 is 1.00 bits per heavy atom. The van der Waals surface area contributed by atoms with E-state index in [-0.39, 0.29) is 5.48 Å². The molecule has 2 bridgehead atoms. The molecule has 0 atom stereocenters. The number of piperazine rings is 3. The fourth-order valence-corrected chi connectivity index (χ4v) is 1.87. The normalized spacial score (nSPS) is 28.7. The zero-order valence-electron chi connectivity index (χ0n) is 9.76. The topological polar surface area (TPSA) is 38.0 Å². The van der Waals surface area contributed by atoms with Gasteiger partial charge in [-0.3, -0.25) is 9.80 Å². The lowest BCUT2D eigenvalue weighted by atomic mass is 10.2. The number of unbranched alkanes of at least 4 members (excludes halogenated alkanes) is 2. The van der Waals surface area contributed by atoms with Crippen molar-refractivity contribution in [1.82, 2.24) is 9.80 Å². The average Bonchev–Trinajstić information content (AvgIpc) is 2.23. The van der Waals surface area contributed by atoms with Crippen LogP contribution in [0.4, 0.5) is 0 Å². The molecule has 0 amide bonds. The van der Waals surface area contributed by atoms with Gasteiger partial charge in [-0.05, 0) is 0 Å². The average molecular weight is 202 g/mol. The van der Waals surface area contributed by atoms with Crippen molar-refractivity contribution in [1.29, 1.82) is 0 Å². The van der Waals surface area contributed by atoms with E-state index in [4.69, 9.17) is 0 Å². The summed E-state index contributed by atoms with van der Waals surface area (Å²) in [5.74, 6) is 0. The number of hydrogen-bond acceptors (Lipinski definition) is 2. The maximum Gasteiger partial charge on any atom is 0.0110 e. The van der Waals surface area contributed by atoms with Gasteiger partial charge in [-0.25, -0.2) is 0 Å². The molecule has 3 aliphatic rings. The fraction of sp³-hybridized carbons (Fsp3) is 1.00. The molecule has 3 heterocycles. The van der Waals surface area contributed by atoms with Crippen molar-refractivity contribution in [2.75, 3.05) is 39.3 Å². The highest BCUT2D eigenvalue weighted by Gasteiger charge is 2.21. The van der Waals surface area contributed by atoms with E-state index in [1.165, 1.54) is 58.5 Å². The molecule has 0 aliphatic carbocycles. The van der Waals surface area contributed by atoms with Crippen LogP contribution in [0.1, 0.15) is 33.1 Å². The summed E-state index contributed by atoms with van der Waals surface area (Å²) in [4.78, 5) is 5.08. The number of fused-ring (bicyclic) bond motifs is 3. The monoisotopic (exact) mass is 202 g/mol. The van der Waals surface area contributed by atoms with Crippen LogP contribution in [-0.2, 0) is 0 Å². The lowest BCUT2D eigenvalue weighted by molar-refractivity contribution is 0.0647. The molecule has 0 aromatic heterocycles. The van der Waals surface area contributed by atoms with Crippen LogP contribution < -0.4 is 0 Å². The summed E-state index contributed by atoms with van der Waals surface area (Å²) in [5.41, 5.74) is 0. The molecule has 3 saturated heterocycles. The molecule has 0 aromatic rings. The van der Waals surface area contributed by atoms with Crippen molar-refractivity contribution < 1.29 is 5.48 Å². The Morgan fingerprint density at radius 1 is 0.714 bits per heavy atom. The summed E-state index contributed by atoms with van der Waals surface area (Å²) >= 11 is 0. The summed E-state index contributed by atoms with van der Waals surface area (Å²) in [6, 6.07) is 0. The van der Waals surface area contributed by atoms with Crippen LogP contribution >= 0.6 is 0 Å². The van der Waals surface area contributed by atoms with Crippen molar-refractivity contribution in [2.45, 2.75) is 33.1 Å². The molecular formula is C11H26N2O. The highest BCUT2D eigenvalue weighted by atomic mass is 16.0. The maximum absolute atomic E-state index is 2.54. The van der Waals surface area contributed by atoms with Gasteiger partial charge in [-0.1, -0.05) is 33.1 Å². The van der Waals surface area contributed by atoms with Crippen molar-refractivity contribution >= 4 is 0 Å². The Labute approximate surface area is 88.4 Å². The number of rotatable bonds is 2.